The molecule has 0 aliphatic heterocycles. The van der Waals surface area contributed by atoms with E-state index in [9.17, 15) is 9.18 Å². The monoisotopic (exact) mass is 377 g/mol. The van der Waals surface area contributed by atoms with Crippen molar-refractivity contribution in [1.29, 1.82) is 0 Å². The molecule has 0 aliphatic rings. The third-order valence-corrected chi connectivity index (χ3v) is 4.33. The largest absolute Gasteiger partial charge is 0.319 e. The van der Waals surface area contributed by atoms with Crippen molar-refractivity contribution < 1.29 is 9.18 Å². The van der Waals surface area contributed by atoms with Gasteiger partial charge in [-0.15, -0.1) is 11.3 Å². The van der Waals surface area contributed by atoms with Gasteiger partial charge in [0.15, 0.2) is 0 Å². The van der Waals surface area contributed by atoms with Gasteiger partial charge in [-0.1, -0.05) is 15.9 Å². The van der Waals surface area contributed by atoms with Gasteiger partial charge in [0.25, 0.3) is 5.91 Å². The summed E-state index contributed by atoms with van der Waals surface area (Å²) in [5.41, 5.74) is 0.165. The van der Waals surface area contributed by atoms with Crippen molar-refractivity contribution in [1.82, 2.24) is 0 Å². The fraction of sp³-hybridized carbons (Fsp3) is 0. The molecule has 6 heteroatoms. The Hall–Kier alpha value is -0.720. The molecular weight excluding hydrogens is 373 g/mol. The average molecular weight is 379 g/mol. The molecule has 0 radical (unpaired) electrons. The van der Waals surface area contributed by atoms with E-state index >= 15 is 0 Å². The second-order valence-corrected chi connectivity index (χ2v) is 5.86. The Morgan fingerprint density at radius 2 is 2.06 bits per heavy atom. The van der Waals surface area contributed by atoms with Gasteiger partial charge in [-0.2, -0.15) is 0 Å². The minimum absolute atomic E-state index is 0.165. The average Bonchev–Trinajstić information content (AvgIpc) is 2.68. The van der Waals surface area contributed by atoms with Gasteiger partial charge in [-0.3, -0.25) is 4.79 Å². The van der Waals surface area contributed by atoms with Crippen LogP contribution in [-0.4, -0.2) is 5.91 Å². The number of carbonyl (C=O) groups excluding carboxylic acids is 1. The van der Waals surface area contributed by atoms with Gasteiger partial charge in [-0.25, -0.2) is 4.39 Å². The van der Waals surface area contributed by atoms with Gasteiger partial charge in [0, 0.05) is 8.95 Å². The minimum atomic E-state index is -0.472. The first kappa shape index (κ1) is 12.7. The smallest absolute Gasteiger partial charge is 0.266 e. The molecule has 2 aromatic rings. The Bertz CT molecular complexity index is 570. The molecule has 1 heterocycles. The quantitative estimate of drug-likeness (QED) is 0.808. The second-order valence-electron chi connectivity index (χ2n) is 3.18. The third kappa shape index (κ3) is 2.94. The maximum atomic E-state index is 13.5. The molecule has 2 rings (SSSR count). The number of thiophene rings is 1. The number of anilines is 1. The molecule has 1 N–H and O–H groups in total. The molecule has 1 aromatic carbocycles. The first-order chi connectivity index (χ1) is 8.08. The molecule has 0 saturated heterocycles. The molecule has 0 atom stereocenters. The van der Waals surface area contributed by atoms with Crippen molar-refractivity contribution in [3.8, 4) is 0 Å². The van der Waals surface area contributed by atoms with Gasteiger partial charge < -0.3 is 5.32 Å². The number of hydrogen-bond acceptors (Lipinski definition) is 2. The van der Waals surface area contributed by atoms with E-state index < -0.39 is 5.82 Å². The lowest BCUT2D eigenvalue weighted by molar-refractivity contribution is 0.102. The maximum Gasteiger partial charge on any atom is 0.266 e. The number of benzene rings is 1. The van der Waals surface area contributed by atoms with Crippen LogP contribution < -0.4 is 5.32 Å². The van der Waals surface area contributed by atoms with Gasteiger partial charge in [0.05, 0.1) is 5.69 Å². The van der Waals surface area contributed by atoms with Crippen molar-refractivity contribution in [2.24, 2.45) is 0 Å². The second kappa shape index (κ2) is 5.29. The van der Waals surface area contributed by atoms with Crippen molar-refractivity contribution in [3.63, 3.8) is 0 Å². The summed E-state index contributed by atoms with van der Waals surface area (Å²) in [6, 6.07) is 6.26. The first-order valence-electron chi connectivity index (χ1n) is 4.57. The van der Waals surface area contributed by atoms with Gasteiger partial charge in [0.1, 0.15) is 10.7 Å². The van der Waals surface area contributed by atoms with E-state index in [2.05, 4.69) is 37.2 Å². The molecule has 0 aliphatic carbocycles. The van der Waals surface area contributed by atoms with Crippen LogP contribution in [0.5, 0.6) is 0 Å². The number of halogens is 3. The Morgan fingerprint density at radius 3 is 2.65 bits per heavy atom. The fourth-order valence-corrected chi connectivity index (χ4v) is 3.01. The number of carbonyl (C=O) groups is 1. The van der Waals surface area contributed by atoms with E-state index in [0.29, 0.717) is 13.8 Å². The van der Waals surface area contributed by atoms with E-state index in [-0.39, 0.29) is 11.6 Å². The zero-order valence-electron chi connectivity index (χ0n) is 8.34. The lowest BCUT2D eigenvalue weighted by Gasteiger charge is -2.05. The van der Waals surface area contributed by atoms with Crippen molar-refractivity contribution in [2.45, 2.75) is 0 Å². The summed E-state index contributed by atoms with van der Waals surface area (Å²) in [6.07, 6.45) is 0. The van der Waals surface area contributed by atoms with Crippen LogP contribution in [0.25, 0.3) is 0 Å². The molecule has 0 saturated carbocycles. The highest BCUT2D eigenvalue weighted by Gasteiger charge is 2.13. The fourth-order valence-electron chi connectivity index (χ4n) is 1.23. The molecule has 0 bridgehead atoms. The molecule has 1 aromatic heterocycles. The highest BCUT2D eigenvalue weighted by molar-refractivity contribution is 9.10. The minimum Gasteiger partial charge on any atom is -0.319 e. The SMILES string of the molecule is O=C(Nc1ccc(Br)cc1F)c1sccc1Br. The molecule has 1 amide bonds. The van der Waals surface area contributed by atoms with Gasteiger partial charge in [-0.05, 0) is 45.6 Å². The number of nitrogens with one attached hydrogen (secondary N) is 1. The summed E-state index contributed by atoms with van der Waals surface area (Å²) < 4.78 is 14.8. The summed E-state index contributed by atoms with van der Waals surface area (Å²) in [5, 5.41) is 4.31. The zero-order valence-corrected chi connectivity index (χ0v) is 12.3. The normalized spacial score (nSPS) is 10.3. The number of rotatable bonds is 2. The maximum absolute atomic E-state index is 13.5. The van der Waals surface area contributed by atoms with Crippen LogP contribution in [0.4, 0.5) is 10.1 Å². The Balaban J connectivity index is 2.22. The summed E-state index contributed by atoms with van der Waals surface area (Å²) in [4.78, 5) is 12.3. The lowest BCUT2D eigenvalue weighted by atomic mass is 10.3. The van der Waals surface area contributed by atoms with Crippen molar-refractivity contribution in [3.05, 3.63) is 49.3 Å². The van der Waals surface area contributed by atoms with E-state index in [4.69, 9.17) is 0 Å². The van der Waals surface area contributed by atoms with Crippen LogP contribution in [0.15, 0.2) is 38.6 Å². The van der Waals surface area contributed by atoms with Gasteiger partial charge in [0.2, 0.25) is 0 Å². The zero-order chi connectivity index (χ0) is 12.4. The van der Waals surface area contributed by atoms with Crippen molar-refractivity contribution in [2.75, 3.05) is 5.32 Å². The van der Waals surface area contributed by atoms with Crippen LogP contribution in [0, 0.1) is 5.82 Å². The van der Waals surface area contributed by atoms with E-state index in [0.717, 1.165) is 0 Å². The summed E-state index contributed by atoms with van der Waals surface area (Å²) in [6.45, 7) is 0. The van der Waals surface area contributed by atoms with E-state index in [1.54, 1.807) is 17.5 Å². The number of amides is 1. The predicted molar refractivity (Wildman–Crippen MR) is 74.1 cm³/mol. The third-order valence-electron chi connectivity index (χ3n) is 2.00. The van der Waals surface area contributed by atoms with Crippen LogP contribution >= 0.6 is 43.2 Å². The molecule has 0 fully saturated rings. The van der Waals surface area contributed by atoms with E-state index in [1.165, 1.54) is 23.5 Å². The molecular formula is C11H6Br2FNOS. The highest BCUT2D eigenvalue weighted by atomic mass is 79.9. The van der Waals surface area contributed by atoms with E-state index in [1.807, 2.05) is 0 Å². The molecule has 0 unspecified atom stereocenters. The Morgan fingerprint density at radius 1 is 1.29 bits per heavy atom. The molecule has 2 nitrogen and oxygen atoms in total. The van der Waals surface area contributed by atoms with Crippen LogP contribution in [0.2, 0.25) is 0 Å². The summed E-state index contributed by atoms with van der Waals surface area (Å²) >= 11 is 7.71. The first-order valence-corrected chi connectivity index (χ1v) is 7.04. The van der Waals surface area contributed by atoms with Crippen LogP contribution in [-0.2, 0) is 0 Å². The highest BCUT2D eigenvalue weighted by Crippen LogP contribution is 2.25. The topological polar surface area (TPSA) is 29.1 Å². The standard InChI is InChI=1S/C11H6Br2FNOS/c12-6-1-2-9(8(14)5-6)15-11(16)10-7(13)3-4-17-10/h1-5H,(H,15,16). The summed E-state index contributed by atoms with van der Waals surface area (Å²) in [7, 11) is 0. The molecule has 88 valence electrons. The van der Waals surface area contributed by atoms with Crippen LogP contribution in [0.1, 0.15) is 9.67 Å². The summed E-state index contributed by atoms with van der Waals surface area (Å²) in [5.74, 6) is -0.798. The Kier molecular flexibility index (Phi) is 3.96. The van der Waals surface area contributed by atoms with Crippen molar-refractivity contribution >= 4 is 54.8 Å². The number of hydrogen-bond donors (Lipinski definition) is 1. The molecule has 17 heavy (non-hydrogen) atoms. The predicted octanol–water partition coefficient (Wildman–Crippen LogP) is 4.66. The lowest BCUT2D eigenvalue weighted by Crippen LogP contribution is -2.11. The van der Waals surface area contributed by atoms with Crippen LogP contribution in [0.3, 0.4) is 0 Å². The Labute approximate surface area is 118 Å². The molecule has 0 spiro atoms. The van der Waals surface area contributed by atoms with Gasteiger partial charge >= 0.3 is 0 Å².